The molecule has 2 aromatic carbocycles. The maximum atomic E-state index is 12.7. The number of halogens is 1. The minimum absolute atomic E-state index is 0.188. The number of thiophene rings is 1. The van der Waals surface area contributed by atoms with Crippen molar-refractivity contribution >= 4 is 62.0 Å². The van der Waals surface area contributed by atoms with Gasteiger partial charge in [-0.05, 0) is 61.2 Å². The van der Waals surface area contributed by atoms with Crippen LogP contribution in [-0.2, 0) is 14.8 Å². The summed E-state index contributed by atoms with van der Waals surface area (Å²) in [6, 6.07) is 13.6. The molecule has 31 heavy (non-hydrogen) atoms. The van der Waals surface area contributed by atoms with E-state index in [1.54, 1.807) is 60.8 Å². The number of thioether (sulfide) groups is 1. The molecule has 0 bridgehead atoms. The first kappa shape index (κ1) is 23.5. The molecule has 0 radical (unpaired) electrons. The molecule has 0 fully saturated rings. The third-order valence-corrected chi connectivity index (χ3v) is 8.59. The van der Waals surface area contributed by atoms with Crippen LogP contribution in [0.5, 0.6) is 5.75 Å². The van der Waals surface area contributed by atoms with Gasteiger partial charge in [0, 0.05) is 21.7 Å². The van der Waals surface area contributed by atoms with Gasteiger partial charge in [-0.2, -0.15) is 0 Å². The zero-order chi connectivity index (χ0) is 22.6. The van der Waals surface area contributed by atoms with Crippen LogP contribution in [0.1, 0.15) is 12.5 Å². The molecule has 2 N–H and O–H groups in total. The van der Waals surface area contributed by atoms with E-state index in [1.807, 2.05) is 6.92 Å². The van der Waals surface area contributed by atoms with Crippen molar-refractivity contribution in [3.8, 4) is 5.75 Å². The van der Waals surface area contributed by atoms with Crippen molar-refractivity contribution < 1.29 is 17.9 Å². The molecule has 1 unspecified atom stereocenters. The molecule has 3 rings (SSSR count). The number of ether oxygens (including phenoxy) is 1. The van der Waals surface area contributed by atoms with Gasteiger partial charge in [0.25, 0.3) is 10.0 Å². The Labute approximate surface area is 195 Å². The second-order valence-corrected chi connectivity index (χ2v) is 11.3. The number of anilines is 2. The fourth-order valence-electron chi connectivity index (χ4n) is 2.65. The third kappa shape index (κ3) is 5.94. The lowest BCUT2D eigenvalue weighted by Crippen LogP contribution is -2.22. The fourth-order valence-corrected chi connectivity index (χ4v) is 5.72. The largest absolute Gasteiger partial charge is 0.495 e. The van der Waals surface area contributed by atoms with E-state index in [-0.39, 0.29) is 10.1 Å². The van der Waals surface area contributed by atoms with Crippen LogP contribution in [0, 0.1) is 6.92 Å². The Bertz CT molecular complexity index is 1160. The highest BCUT2D eigenvalue weighted by atomic mass is 35.5. The van der Waals surface area contributed by atoms with Gasteiger partial charge in [0.15, 0.2) is 0 Å². The van der Waals surface area contributed by atoms with Crippen LogP contribution in [-0.4, -0.2) is 26.7 Å². The Balaban J connectivity index is 1.63. The molecule has 1 aromatic heterocycles. The average Bonchev–Trinajstić information content (AvgIpc) is 3.27. The summed E-state index contributed by atoms with van der Waals surface area (Å²) in [6.45, 7) is 3.65. The van der Waals surface area contributed by atoms with Crippen molar-refractivity contribution in [1.82, 2.24) is 0 Å². The van der Waals surface area contributed by atoms with Crippen molar-refractivity contribution in [1.29, 1.82) is 0 Å². The molecule has 0 spiro atoms. The molecule has 0 saturated heterocycles. The summed E-state index contributed by atoms with van der Waals surface area (Å²) < 4.78 is 32.7. The number of nitrogens with one attached hydrogen (secondary N) is 2. The van der Waals surface area contributed by atoms with E-state index in [2.05, 4.69) is 10.0 Å². The molecule has 3 aromatic rings. The summed E-state index contributed by atoms with van der Waals surface area (Å²) in [4.78, 5) is 13.5. The average molecular weight is 497 g/mol. The van der Waals surface area contributed by atoms with E-state index in [4.69, 9.17) is 16.3 Å². The summed E-state index contributed by atoms with van der Waals surface area (Å²) in [7, 11) is -2.07. The highest BCUT2D eigenvalue weighted by Crippen LogP contribution is 2.32. The van der Waals surface area contributed by atoms with Gasteiger partial charge in [-0.3, -0.25) is 9.52 Å². The quantitative estimate of drug-likeness (QED) is 0.394. The first-order valence-corrected chi connectivity index (χ1v) is 12.8. The van der Waals surface area contributed by atoms with E-state index < -0.39 is 15.3 Å². The summed E-state index contributed by atoms with van der Waals surface area (Å²) in [6.07, 6.45) is 0. The van der Waals surface area contributed by atoms with Crippen LogP contribution >= 0.6 is 34.7 Å². The predicted octanol–water partition coefficient (Wildman–Crippen LogP) is 5.64. The van der Waals surface area contributed by atoms with Crippen LogP contribution < -0.4 is 14.8 Å². The van der Waals surface area contributed by atoms with Gasteiger partial charge in [0.2, 0.25) is 5.91 Å². The van der Waals surface area contributed by atoms with Crippen LogP contribution in [0.3, 0.4) is 0 Å². The normalized spacial score (nSPS) is 12.3. The summed E-state index contributed by atoms with van der Waals surface area (Å²) in [5.74, 6) is 0.302. The lowest BCUT2D eigenvalue weighted by Gasteiger charge is -2.15. The van der Waals surface area contributed by atoms with Crippen molar-refractivity contribution in [3.63, 3.8) is 0 Å². The Morgan fingerprint density at radius 1 is 1.19 bits per heavy atom. The van der Waals surface area contributed by atoms with Gasteiger partial charge >= 0.3 is 0 Å². The van der Waals surface area contributed by atoms with Crippen LogP contribution in [0.25, 0.3) is 0 Å². The minimum Gasteiger partial charge on any atom is -0.495 e. The van der Waals surface area contributed by atoms with E-state index in [1.165, 1.54) is 18.9 Å². The predicted molar refractivity (Wildman–Crippen MR) is 128 cm³/mol. The van der Waals surface area contributed by atoms with Crippen molar-refractivity contribution in [2.75, 3.05) is 17.1 Å². The van der Waals surface area contributed by atoms with E-state index in [9.17, 15) is 13.2 Å². The maximum absolute atomic E-state index is 12.7. The van der Waals surface area contributed by atoms with Crippen molar-refractivity contribution in [2.45, 2.75) is 28.2 Å². The molecule has 6 nitrogen and oxygen atoms in total. The molecule has 1 heterocycles. The molecule has 10 heteroatoms. The highest BCUT2D eigenvalue weighted by Gasteiger charge is 2.18. The molecule has 0 aliphatic rings. The van der Waals surface area contributed by atoms with Gasteiger partial charge in [0.05, 0.1) is 18.0 Å². The van der Waals surface area contributed by atoms with Gasteiger partial charge in [-0.15, -0.1) is 23.1 Å². The Morgan fingerprint density at radius 2 is 1.90 bits per heavy atom. The van der Waals surface area contributed by atoms with Gasteiger partial charge in [-0.1, -0.05) is 17.7 Å². The lowest BCUT2D eigenvalue weighted by molar-refractivity contribution is -0.115. The smallest absolute Gasteiger partial charge is 0.271 e. The number of hydrogen-bond donors (Lipinski definition) is 2. The van der Waals surface area contributed by atoms with Crippen molar-refractivity contribution in [3.05, 3.63) is 64.5 Å². The number of methoxy groups -OCH3 is 1. The monoisotopic (exact) mass is 496 g/mol. The zero-order valence-corrected chi connectivity index (χ0v) is 20.2. The zero-order valence-electron chi connectivity index (χ0n) is 17.0. The molecule has 164 valence electrons. The molecule has 0 aliphatic heterocycles. The molecule has 1 atom stereocenters. The summed E-state index contributed by atoms with van der Waals surface area (Å²) in [5, 5.41) is 4.75. The third-order valence-electron chi connectivity index (χ3n) is 4.29. The van der Waals surface area contributed by atoms with Crippen LogP contribution in [0.2, 0.25) is 5.02 Å². The number of sulfonamides is 1. The number of carbonyl (C=O) groups is 1. The van der Waals surface area contributed by atoms with Gasteiger partial charge in [-0.25, -0.2) is 8.42 Å². The summed E-state index contributed by atoms with van der Waals surface area (Å²) in [5.41, 5.74) is 1.84. The second-order valence-electron chi connectivity index (χ2n) is 6.61. The summed E-state index contributed by atoms with van der Waals surface area (Å²) >= 11 is 8.63. The molecule has 1 amide bonds. The number of hydrogen-bond acceptors (Lipinski definition) is 6. The SMILES string of the molecule is COc1cc(Cl)c(C)cc1NC(=O)C(C)Sc1ccc(NS(=O)(=O)c2cccs2)cc1. The first-order chi connectivity index (χ1) is 14.7. The Morgan fingerprint density at radius 3 is 2.52 bits per heavy atom. The number of rotatable bonds is 8. The van der Waals surface area contributed by atoms with Crippen LogP contribution in [0.15, 0.2) is 63.0 Å². The second kappa shape index (κ2) is 9.95. The maximum Gasteiger partial charge on any atom is 0.271 e. The van der Waals surface area contributed by atoms with E-state index in [0.29, 0.717) is 22.1 Å². The molecular weight excluding hydrogens is 476 g/mol. The number of carbonyl (C=O) groups excluding carboxylic acids is 1. The molecule has 0 aliphatic carbocycles. The fraction of sp³-hybridized carbons (Fsp3) is 0.190. The van der Waals surface area contributed by atoms with E-state index in [0.717, 1.165) is 21.8 Å². The Kier molecular flexibility index (Phi) is 7.53. The number of benzene rings is 2. The molecular formula is C21H21ClN2O4S3. The van der Waals surface area contributed by atoms with Gasteiger partial charge in [0.1, 0.15) is 9.96 Å². The highest BCUT2D eigenvalue weighted by molar-refractivity contribution is 8.00. The Hall–Kier alpha value is -2.20. The topological polar surface area (TPSA) is 84.5 Å². The van der Waals surface area contributed by atoms with E-state index >= 15 is 0 Å². The number of aryl methyl sites for hydroxylation is 1. The van der Waals surface area contributed by atoms with Gasteiger partial charge < -0.3 is 10.1 Å². The van der Waals surface area contributed by atoms with Crippen molar-refractivity contribution in [2.24, 2.45) is 0 Å². The molecule has 0 saturated carbocycles. The van der Waals surface area contributed by atoms with Crippen LogP contribution in [0.4, 0.5) is 11.4 Å². The standard InChI is InChI=1S/C21H21ClN2O4S3/c1-13-11-18(19(28-3)12-17(13)22)23-21(25)14(2)30-16-8-6-15(7-9-16)24-31(26,27)20-5-4-10-29-20/h4-12,14,24H,1-3H3,(H,23,25). The lowest BCUT2D eigenvalue weighted by atomic mass is 10.2. The minimum atomic E-state index is -3.59. The number of amides is 1. The first-order valence-electron chi connectivity index (χ1n) is 9.17.